The second kappa shape index (κ2) is 7.07. The van der Waals surface area contributed by atoms with Gasteiger partial charge < -0.3 is 10.2 Å². The molecule has 0 bridgehead atoms. The van der Waals surface area contributed by atoms with Crippen molar-refractivity contribution in [2.24, 2.45) is 0 Å². The fourth-order valence-electron chi connectivity index (χ4n) is 2.65. The van der Waals surface area contributed by atoms with E-state index in [1.807, 2.05) is 0 Å². The fourth-order valence-corrected chi connectivity index (χ4v) is 3.03. The second-order valence-electron chi connectivity index (χ2n) is 6.01. The molecule has 1 saturated carbocycles. The average molecular weight is 356 g/mol. The highest BCUT2D eigenvalue weighted by Crippen LogP contribution is 2.26. The first-order valence-electron chi connectivity index (χ1n) is 7.79. The summed E-state index contributed by atoms with van der Waals surface area (Å²) in [6.45, 7) is 2.93. The van der Waals surface area contributed by atoms with Crippen molar-refractivity contribution in [1.29, 1.82) is 0 Å². The lowest BCUT2D eigenvalue weighted by Crippen LogP contribution is -2.51. The van der Waals surface area contributed by atoms with Gasteiger partial charge in [-0.25, -0.2) is 0 Å². The van der Waals surface area contributed by atoms with E-state index in [0.717, 1.165) is 12.8 Å². The van der Waals surface area contributed by atoms with Crippen molar-refractivity contribution in [2.45, 2.75) is 18.9 Å². The van der Waals surface area contributed by atoms with Crippen LogP contribution in [0.4, 0.5) is 0 Å². The highest BCUT2D eigenvalue weighted by atomic mass is 35.5. The molecule has 1 N–H and O–H groups in total. The van der Waals surface area contributed by atoms with Gasteiger partial charge in [0.25, 0.3) is 5.91 Å². The van der Waals surface area contributed by atoms with Gasteiger partial charge >= 0.3 is 0 Å². The van der Waals surface area contributed by atoms with Crippen LogP contribution < -0.4 is 5.32 Å². The normalized spacial score (nSPS) is 18.8. The van der Waals surface area contributed by atoms with Gasteiger partial charge in [0, 0.05) is 32.2 Å². The van der Waals surface area contributed by atoms with Gasteiger partial charge in [-0.3, -0.25) is 14.5 Å². The molecule has 1 aliphatic carbocycles. The van der Waals surface area contributed by atoms with Crippen LogP contribution in [0.3, 0.4) is 0 Å². The summed E-state index contributed by atoms with van der Waals surface area (Å²) in [7, 11) is 0. The summed E-state index contributed by atoms with van der Waals surface area (Å²) in [5.74, 6) is -0.0373. The Morgan fingerprint density at radius 1 is 1.13 bits per heavy atom. The van der Waals surface area contributed by atoms with E-state index in [0.29, 0.717) is 54.4 Å². The molecule has 1 aromatic rings. The van der Waals surface area contributed by atoms with E-state index in [1.165, 1.54) is 0 Å². The van der Waals surface area contributed by atoms with E-state index < -0.39 is 0 Å². The Hall–Kier alpha value is -1.30. The maximum Gasteiger partial charge on any atom is 0.255 e. The van der Waals surface area contributed by atoms with Crippen LogP contribution in [0.1, 0.15) is 23.2 Å². The van der Waals surface area contributed by atoms with Crippen molar-refractivity contribution < 1.29 is 9.59 Å². The second-order valence-corrected chi connectivity index (χ2v) is 6.80. The Morgan fingerprint density at radius 2 is 1.83 bits per heavy atom. The molecule has 124 valence electrons. The Morgan fingerprint density at radius 3 is 2.48 bits per heavy atom. The fraction of sp³-hybridized carbons (Fsp3) is 0.500. The summed E-state index contributed by atoms with van der Waals surface area (Å²) in [6.07, 6.45) is 2.18. The molecular formula is C16H19Cl2N3O2. The number of halogens is 2. The zero-order valence-electron chi connectivity index (χ0n) is 12.7. The molecule has 3 rings (SSSR count). The van der Waals surface area contributed by atoms with E-state index in [9.17, 15) is 9.59 Å². The number of hydrogen-bond acceptors (Lipinski definition) is 3. The smallest absolute Gasteiger partial charge is 0.255 e. The molecule has 1 aromatic carbocycles. The van der Waals surface area contributed by atoms with Gasteiger partial charge in [0.2, 0.25) is 5.91 Å². The molecular weight excluding hydrogens is 337 g/mol. The first-order valence-corrected chi connectivity index (χ1v) is 8.55. The first-order chi connectivity index (χ1) is 11.0. The zero-order chi connectivity index (χ0) is 16.4. The number of carbonyl (C=O) groups excluding carboxylic acids is 2. The number of amides is 2. The lowest BCUT2D eigenvalue weighted by Gasteiger charge is -2.34. The minimum atomic E-state index is -0.111. The average Bonchev–Trinajstić information content (AvgIpc) is 3.34. The molecule has 23 heavy (non-hydrogen) atoms. The Balaban J connectivity index is 1.52. The van der Waals surface area contributed by atoms with Crippen molar-refractivity contribution in [3.8, 4) is 0 Å². The topological polar surface area (TPSA) is 52.7 Å². The molecule has 7 heteroatoms. The van der Waals surface area contributed by atoms with E-state index in [2.05, 4.69) is 10.2 Å². The predicted octanol–water partition coefficient (Wildman–Crippen LogP) is 2.03. The number of carbonyl (C=O) groups is 2. The Bertz CT molecular complexity index is 611. The summed E-state index contributed by atoms with van der Waals surface area (Å²) >= 11 is 12.1. The summed E-state index contributed by atoms with van der Waals surface area (Å²) in [5, 5.41) is 3.66. The largest absolute Gasteiger partial charge is 0.352 e. The van der Waals surface area contributed by atoms with Crippen molar-refractivity contribution in [3.05, 3.63) is 33.8 Å². The van der Waals surface area contributed by atoms with Gasteiger partial charge in [-0.1, -0.05) is 29.3 Å². The van der Waals surface area contributed by atoms with Crippen LogP contribution in [0.2, 0.25) is 10.0 Å². The van der Waals surface area contributed by atoms with Crippen molar-refractivity contribution in [3.63, 3.8) is 0 Å². The van der Waals surface area contributed by atoms with Gasteiger partial charge in [-0.15, -0.1) is 0 Å². The molecule has 2 amide bonds. The maximum absolute atomic E-state index is 12.5. The molecule has 0 aromatic heterocycles. The molecule has 0 radical (unpaired) electrons. The van der Waals surface area contributed by atoms with Crippen LogP contribution in [0.5, 0.6) is 0 Å². The molecule has 1 saturated heterocycles. The molecule has 0 unspecified atom stereocenters. The summed E-state index contributed by atoms with van der Waals surface area (Å²) in [6, 6.07) is 5.46. The van der Waals surface area contributed by atoms with E-state index in [-0.39, 0.29) is 11.8 Å². The predicted molar refractivity (Wildman–Crippen MR) is 90.0 cm³/mol. The number of nitrogens with one attached hydrogen (secondary N) is 1. The number of nitrogens with zero attached hydrogens (tertiary/aromatic N) is 2. The molecule has 2 fully saturated rings. The summed E-state index contributed by atoms with van der Waals surface area (Å²) in [5.41, 5.74) is 0.430. The molecule has 1 heterocycles. The lowest BCUT2D eigenvalue weighted by atomic mass is 10.1. The minimum absolute atomic E-state index is 0.0742. The number of benzene rings is 1. The van der Waals surface area contributed by atoms with Crippen LogP contribution >= 0.6 is 23.2 Å². The van der Waals surface area contributed by atoms with Crippen LogP contribution in [0, 0.1) is 0 Å². The van der Waals surface area contributed by atoms with E-state index >= 15 is 0 Å². The molecule has 1 aliphatic heterocycles. The number of rotatable bonds is 4. The highest BCUT2D eigenvalue weighted by Gasteiger charge is 2.27. The molecule has 0 spiro atoms. The van der Waals surface area contributed by atoms with Crippen LogP contribution in [0.15, 0.2) is 18.2 Å². The standard InChI is InChI=1S/C16H19Cl2N3O2/c17-13-3-1-2-12(15(13)18)16(23)21-8-6-20(7-9-21)10-14(22)19-11-4-5-11/h1-3,11H,4-10H2,(H,19,22). The van der Waals surface area contributed by atoms with Crippen molar-refractivity contribution in [1.82, 2.24) is 15.1 Å². The van der Waals surface area contributed by atoms with Gasteiger partial charge in [0.1, 0.15) is 0 Å². The number of hydrogen-bond donors (Lipinski definition) is 1. The Kier molecular flexibility index (Phi) is 5.09. The van der Waals surface area contributed by atoms with Crippen molar-refractivity contribution in [2.75, 3.05) is 32.7 Å². The summed E-state index contributed by atoms with van der Waals surface area (Å²) in [4.78, 5) is 28.2. The SMILES string of the molecule is O=C(CN1CCN(C(=O)c2cccc(Cl)c2Cl)CC1)NC1CC1. The third-order valence-electron chi connectivity index (χ3n) is 4.15. The van der Waals surface area contributed by atoms with E-state index in [4.69, 9.17) is 23.2 Å². The molecule has 2 aliphatic rings. The van der Waals surface area contributed by atoms with Crippen molar-refractivity contribution >= 4 is 35.0 Å². The van der Waals surface area contributed by atoms with Crippen LogP contribution in [0.25, 0.3) is 0 Å². The van der Waals surface area contributed by atoms with Gasteiger partial charge in [-0.05, 0) is 25.0 Å². The molecule has 5 nitrogen and oxygen atoms in total. The third kappa shape index (κ3) is 4.16. The zero-order valence-corrected chi connectivity index (χ0v) is 14.2. The molecule has 0 atom stereocenters. The lowest BCUT2D eigenvalue weighted by molar-refractivity contribution is -0.122. The van der Waals surface area contributed by atoms with Crippen LogP contribution in [-0.4, -0.2) is 60.4 Å². The van der Waals surface area contributed by atoms with Crippen LogP contribution in [-0.2, 0) is 4.79 Å². The highest BCUT2D eigenvalue weighted by molar-refractivity contribution is 6.43. The van der Waals surface area contributed by atoms with Gasteiger partial charge in [0.05, 0.1) is 22.2 Å². The Labute approximate surface area is 145 Å². The summed E-state index contributed by atoms with van der Waals surface area (Å²) < 4.78 is 0. The van der Waals surface area contributed by atoms with Gasteiger partial charge in [0.15, 0.2) is 0 Å². The van der Waals surface area contributed by atoms with E-state index in [1.54, 1.807) is 23.1 Å². The van der Waals surface area contributed by atoms with Gasteiger partial charge in [-0.2, -0.15) is 0 Å². The number of piperazine rings is 1. The maximum atomic E-state index is 12.5. The quantitative estimate of drug-likeness (QED) is 0.898. The first kappa shape index (κ1) is 16.6. The third-order valence-corrected chi connectivity index (χ3v) is 4.97. The monoisotopic (exact) mass is 355 g/mol. The minimum Gasteiger partial charge on any atom is -0.352 e.